The average molecular weight is 292 g/mol. The van der Waals surface area contributed by atoms with Crippen LogP contribution in [-0.4, -0.2) is 18.0 Å². The van der Waals surface area contributed by atoms with Crippen molar-refractivity contribution in [3.05, 3.63) is 57.5 Å². The standard InChI is InChI=1S/C15H17FN2OS/c1-11-7-8-20-14(11)10-18(2)15(19)17-9-12-3-5-13(16)6-4-12/h3-8H,9-10H2,1-2H3,(H,17,19). The summed E-state index contributed by atoms with van der Waals surface area (Å²) in [4.78, 5) is 14.8. The summed E-state index contributed by atoms with van der Waals surface area (Å²) >= 11 is 1.65. The summed E-state index contributed by atoms with van der Waals surface area (Å²) < 4.78 is 12.8. The third-order valence-corrected chi connectivity index (χ3v) is 4.06. The normalized spacial score (nSPS) is 10.3. The quantitative estimate of drug-likeness (QED) is 0.918. The minimum Gasteiger partial charge on any atom is -0.334 e. The smallest absolute Gasteiger partial charge is 0.317 e. The van der Waals surface area contributed by atoms with Crippen LogP contribution in [0.15, 0.2) is 35.7 Å². The summed E-state index contributed by atoms with van der Waals surface area (Å²) in [7, 11) is 1.76. The van der Waals surface area contributed by atoms with E-state index in [0.29, 0.717) is 13.1 Å². The van der Waals surface area contributed by atoms with Crippen LogP contribution in [0, 0.1) is 12.7 Å². The van der Waals surface area contributed by atoms with E-state index in [-0.39, 0.29) is 11.8 Å². The van der Waals surface area contributed by atoms with E-state index < -0.39 is 0 Å². The van der Waals surface area contributed by atoms with Crippen LogP contribution in [0.5, 0.6) is 0 Å². The highest BCUT2D eigenvalue weighted by atomic mass is 32.1. The molecular weight excluding hydrogens is 275 g/mol. The second-order valence-electron chi connectivity index (χ2n) is 4.67. The van der Waals surface area contributed by atoms with E-state index in [4.69, 9.17) is 0 Å². The Balaban J connectivity index is 1.85. The molecule has 2 amide bonds. The fourth-order valence-corrected chi connectivity index (χ4v) is 2.73. The summed E-state index contributed by atoms with van der Waals surface area (Å²) in [6.45, 7) is 3.03. The number of carbonyl (C=O) groups is 1. The van der Waals surface area contributed by atoms with Gasteiger partial charge in [0.1, 0.15) is 5.82 Å². The highest BCUT2D eigenvalue weighted by Gasteiger charge is 2.10. The van der Waals surface area contributed by atoms with Crippen molar-refractivity contribution >= 4 is 17.4 Å². The number of rotatable bonds is 4. The second kappa shape index (κ2) is 6.52. The van der Waals surface area contributed by atoms with E-state index in [2.05, 4.69) is 5.32 Å². The summed E-state index contributed by atoms with van der Waals surface area (Å²) in [5, 5.41) is 4.84. The molecule has 1 aromatic heterocycles. The van der Waals surface area contributed by atoms with Gasteiger partial charge in [-0.2, -0.15) is 0 Å². The van der Waals surface area contributed by atoms with Crippen molar-refractivity contribution in [3.8, 4) is 0 Å². The molecule has 0 saturated heterocycles. The van der Waals surface area contributed by atoms with E-state index in [9.17, 15) is 9.18 Å². The van der Waals surface area contributed by atoms with Crippen LogP contribution in [0.1, 0.15) is 16.0 Å². The molecule has 1 N–H and O–H groups in total. The minimum atomic E-state index is -0.273. The fourth-order valence-electron chi connectivity index (χ4n) is 1.77. The van der Waals surface area contributed by atoms with Crippen LogP contribution in [0.2, 0.25) is 0 Å². The topological polar surface area (TPSA) is 32.3 Å². The fraction of sp³-hybridized carbons (Fsp3) is 0.267. The molecule has 0 aliphatic heterocycles. The SMILES string of the molecule is Cc1ccsc1CN(C)C(=O)NCc1ccc(F)cc1. The largest absolute Gasteiger partial charge is 0.334 e. The van der Waals surface area contributed by atoms with Crippen LogP contribution in [0.25, 0.3) is 0 Å². The van der Waals surface area contributed by atoms with E-state index >= 15 is 0 Å². The van der Waals surface area contributed by atoms with Crippen LogP contribution >= 0.6 is 11.3 Å². The van der Waals surface area contributed by atoms with Gasteiger partial charge in [0.15, 0.2) is 0 Å². The first-order chi connectivity index (χ1) is 9.56. The molecule has 0 aliphatic carbocycles. The number of hydrogen-bond acceptors (Lipinski definition) is 2. The van der Waals surface area contributed by atoms with E-state index in [1.54, 1.807) is 35.4 Å². The monoisotopic (exact) mass is 292 g/mol. The number of carbonyl (C=O) groups excluding carboxylic acids is 1. The molecule has 0 spiro atoms. The first-order valence-electron chi connectivity index (χ1n) is 6.32. The van der Waals surface area contributed by atoms with Gasteiger partial charge < -0.3 is 10.2 Å². The Bertz CT molecular complexity index is 580. The maximum Gasteiger partial charge on any atom is 0.317 e. The summed E-state index contributed by atoms with van der Waals surface area (Å²) in [5.41, 5.74) is 2.08. The number of nitrogens with one attached hydrogen (secondary N) is 1. The van der Waals surface area contributed by atoms with Crippen molar-refractivity contribution in [1.29, 1.82) is 0 Å². The Hall–Kier alpha value is -1.88. The third kappa shape index (κ3) is 3.81. The van der Waals surface area contributed by atoms with Gasteiger partial charge in [-0.3, -0.25) is 0 Å². The lowest BCUT2D eigenvalue weighted by Crippen LogP contribution is -2.36. The maximum absolute atomic E-state index is 12.8. The molecule has 2 rings (SSSR count). The van der Waals surface area contributed by atoms with Gasteiger partial charge >= 0.3 is 6.03 Å². The molecule has 3 nitrogen and oxygen atoms in total. The molecule has 0 atom stereocenters. The predicted molar refractivity (Wildman–Crippen MR) is 79.2 cm³/mol. The number of nitrogens with zero attached hydrogens (tertiary/aromatic N) is 1. The van der Waals surface area contributed by atoms with Crippen LogP contribution in [0.3, 0.4) is 0 Å². The Morgan fingerprint density at radius 3 is 2.60 bits per heavy atom. The number of aryl methyl sites for hydroxylation is 1. The molecule has 0 saturated carbocycles. The highest BCUT2D eigenvalue weighted by Crippen LogP contribution is 2.17. The molecule has 0 unspecified atom stereocenters. The van der Waals surface area contributed by atoms with Crippen molar-refractivity contribution in [1.82, 2.24) is 10.2 Å². The Morgan fingerprint density at radius 1 is 1.30 bits per heavy atom. The number of thiophene rings is 1. The third-order valence-electron chi connectivity index (χ3n) is 3.05. The molecule has 106 valence electrons. The lowest BCUT2D eigenvalue weighted by Gasteiger charge is -2.17. The molecular formula is C15H17FN2OS. The van der Waals surface area contributed by atoms with Gasteiger partial charge in [-0.25, -0.2) is 9.18 Å². The Labute approximate surface area is 122 Å². The number of halogens is 1. The molecule has 0 fully saturated rings. The first-order valence-corrected chi connectivity index (χ1v) is 7.20. The molecule has 1 aromatic carbocycles. The molecule has 2 aromatic rings. The zero-order valence-corrected chi connectivity index (χ0v) is 12.3. The van der Waals surface area contributed by atoms with Gasteiger partial charge in [0.25, 0.3) is 0 Å². The van der Waals surface area contributed by atoms with E-state index in [1.165, 1.54) is 22.6 Å². The van der Waals surface area contributed by atoms with Crippen LogP contribution in [-0.2, 0) is 13.1 Å². The lowest BCUT2D eigenvalue weighted by atomic mass is 10.2. The van der Waals surface area contributed by atoms with Crippen molar-refractivity contribution in [2.24, 2.45) is 0 Å². The Kier molecular flexibility index (Phi) is 4.74. The predicted octanol–water partition coefficient (Wildman–Crippen LogP) is 3.54. The maximum atomic E-state index is 12.8. The van der Waals surface area contributed by atoms with Gasteiger partial charge in [-0.05, 0) is 41.6 Å². The van der Waals surface area contributed by atoms with Crippen LogP contribution < -0.4 is 5.32 Å². The lowest BCUT2D eigenvalue weighted by molar-refractivity contribution is 0.207. The van der Waals surface area contributed by atoms with Crippen molar-refractivity contribution in [2.75, 3.05) is 7.05 Å². The van der Waals surface area contributed by atoms with Gasteiger partial charge in [0.05, 0.1) is 6.54 Å². The number of hydrogen-bond donors (Lipinski definition) is 1. The molecule has 20 heavy (non-hydrogen) atoms. The first kappa shape index (κ1) is 14.5. The Morgan fingerprint density at radius 2 is 2.00 bits per heavy atom. The molecule has 5 heteroatoms. The van der Waals surface area contributed by atoms with Crippen molar-refractivity contribution < 1.29 is 9.18 Å². The average Bonchev–Trinajstić information content (AvgIpc) is 2.83. The minimum absolute atomic E-state index is 0.137. The van der Waals surface area contributed by atoms with Gasteiger partial charge in [0.2, 0.25) is 0 Å². The summed E-state index contributed by atoms with van der Waals surface area (Å²) in [6.07, 6.45) is 0. The molecule has 1 heterocycles. The van der Waals surface area contributed by atoms with Crippen LogP contribution in [0.4, 0.5) is 9.18 Å². The highest BCUT2D eigenvalue weighted by molar-refractivity contribution is 7.10. The second-order valence-corrected chi connectivity index (χ2v) is 5.67. The van der Waals surface area contributed by atoms with Crippen molar-refractivity contribution in [3.63, 3.8) is 0 Å². The molecule has 0 radical (unpaired) electrons. The number of benzene rings is 1. The zero-order chi connectivity index (χ0) is 14.5. The van der Waals surface area contributed by atoms with Gasteiger partial charge in [-0.15, -0.1) is 11.3 Å². The molecule has 0 bridgehead atoms. The van der Waals surface area contributed by atoms with Crippen molar-refractivity contribution in [2.45, 2.75) is 20.0 Å². The number of urea groups is 1. The number of amides is 2. The van der Waals surface area contributed by atoms with E-state index in [0.717, 1.165) is 5.56 Å². The molecule has 0 aliphatic rings. The summed E-state index contributed by atoms with van der Waals surface area (Å²) in [5.74, 6) is -0.273. The van der Waals surface area contributed by atoms with Gasteiger partial charge in [-0.1, -0.05) is 12.1 Å². The van der Waals surface area contributed by atoms with E-state index in [1.807, 2.05) is 18.4 Å². The zero-order valence-electron chi connectivity index (χ0n) is 11.5. The summed E-state index contributed by atoms with van der Waals surface area (Å²) in [6, 6.07) is 8.02. The van der Waals surface area contributed by atoms with Gasteiger partial charge in [0, 0.05) is 18.5 Å².